The second-order valence-electron chi connectivity index (χ2n) is 30.1. The maximum absolute atomic E-state index is 2.83. The van der Waals surface area contributed by atoms with Gasteiger partial charge in [0.05, 0.1) is 5.69 Å². The third-order valence-electron chi connectivity index (χ3n) is 21.1. The second kappa shape index (κ2) is 17.3. The molecule has 5 aliphatic rings. The quantitative estimate of drug-likeness (QED) is 0.163. The number of rotatable bonds is 4. The first kappa shape index (κ1) is 52.7. The fraction of sp³-hybridized carbons (Fsp3) is 0.432. The molecule has 78 heavy (non-hydrogen) atoms. The minimum atomic E-state index is -0.156. The summed E-state index contributed by atoms with van der Waals surface area (Å²) >= 11 is 0. The molecule has 402 valence electrons. The first-order chi connectivity index (χ1) is 36.5. The van der Waals surface area contributed by atoms with Gasteiger partial charge in [0.1, 0.15) is 0 Å². The molecular formula is C74H88BN3. The molecule has 0 bridgehead atoms. The van der Waals surface area contributed by atoms with Crippen molar-refractivity contribution in [1.29, 1.82) is 0 Å². The summed E-state index contributed by atoms with van der Waals surface area (Å²) in [6.45, 7) is 44.0. The Labute approximate surface area is 471 Å². The van der Waals surface area contributed by atoms with Crippen molar-refractivity contribution in [3.63, 3.8) is 0 Å². The molecule has 2 unspecified atom stereocenters. The highest BCUT2D eigenvalue weighted by molar-refractivity contribution is 7.00. The largest absolute Gasteiger partial charge is 0.335 e. The normalized spacial score (nSPS) is 21.7. The van der Waals surface area contributed by atoms with Crippen molar-refractivity contribution in [3.05, 3.63) is 172 Å². The summed E-state index contributed by atoms with van der Waals surface area (Å²) in [7, 11) is 0. The fourth-order valence-corrected chi connectivity index (χ4v) is 15.6. The Bertz CT molecular complexity index is 3570. The third kappa shape index (κ3) is 7.70. The Morgan fingerprint density at radius 2 is 0.974 bits per heavy atom. The van der Waals surface area contributed by atoms with Crippen molar-refractivity contribution in [2.24, 2.45) is 5.41 Å². The summed E-state index contributed by atoms with van der Waals surface area (Å²) in [6, 6.07) is 53.7. The lowest BCUT2D eigenvalue weighted by molar-refractivity contribution is 0.0106. The van der Waals surface area contributed by atoms with E-state index >= 15 is 0 Å². The minimum Gasteiger partial charge on any atom is -0.335 e. The summed E-state index contributed by atoms with van der Waals surface area (Å²) in [5.41, 5.74) is 26.5. The number of para-hydroxylation sites is 1. The zero-order valence-electron chi connectivity index (χ0n) is 50.9. The number of aryl methyl sites for hydroxylation is 1. The van der Waals surface area contributed by atoms with E-state index in [1.165, 1.54) is 131 Å². The Morgan fingerprint density at radius 3 is 1.60 bits per heavy atom. The molecule has 4 heteroatoms. The lowest BCUT2D eigenvalue weighted by atomic mass is 9.33. The smallest absolute Gasteiger partial charge is 0.252 e. The summed E-state index contributed by atoms with van der Waals surface area (Å²) in [6.07, 6.45) is 7.18. The van der Waals surface area contributed by atoms with Gasteiger partial charge in [-0.3, -0.25) is 0 Å². The molecule has 2 aliphatic carbocycles. The van der Waals surface area contributed by atoms with Crippen molar-refractivity contribution in [2.45, 2.75) is 201 Å². The summed E-state index contributed by atoms with van der Waals surface area (Å²) < 4.78 is 0. The van der Waals surface area contributed by atoms with E-state index in [4.69, 9.17) is 0 Å². The molecule has 2 atom stereocenters. The van der Waals surface area contributed by atoms with Crippen LogP contribution in [0, 0.1) is 12.3 Å². The summed E-state index contributed by atoms with van der Waals surface area (Å²) in [4.78, 5) is 8.29. The van der Waals surface area contributed by atoms with E-state index < -0.39 is 0 Å². The van der Waals surface area contributed by atoms with E-state index in [0.29, 0.717) is 0 Å². The van der Waals surface area contributed by atoms with Crippen molar-refractivity contribution in [2.75, 3.05) is 14.7 Å². The van der Waals surface area contributed by atoms with Gasteiger partial charge in [0.15, 0.2) is 0 Å². The van der Waals surface area contributed by atoms with Gasteiger partial charge in [0, 0.05) is 56.3 Å². The molecule has 0 saturated heterocycles. The Morgan fingerprint density at radius 1 is 0.423 bits per heavy atom. The Kier molecular flexibility index (Phi) is 11.7. The van der Waals surface area contributed by atoms with Crippen LogP contribution in [-0.4, -0.2) is 12.3 Å². The molecule has 0 N–H and O–H groups in total. The average molecular weight is 1030 g/mol. The molecule has 0 aromatic heterocycles. The van der Waals surface area contributed by atoms with Crippen LogP contribution < -0.4 is 31.1 Å². The zero-order valence-corrected chi connectivity index (χ0v) is 50.9. The van der Waals surface area contributed by atoms with Gasteiger partial charge < -0.3 is 14.7 Å². The highest BCUT2D eigenvalue weighted by atomic mass is 15.3. The number of anilines is 8. The second-order valence-corrected chi connectivity index (χ2v) is 30.1. The van der Waals surface area contributed by atoms with Crippen LogP contribution >= 0.6 is 0 Å². The lowest BCUT2D eigenvalue weighted by Crippen LogP contribution is -2.67. The predicted molar refractivity (Wildman–Crippen MR) is 339 cm³/mol. The van der Waals surface area contributed by atoms with E-state index in [2.05, 4.69) is 273 Å². The van der Waals surface area contributed by atoms with Gasteiger partial charge in [-0.2, -0.15) is 0 Å². The van der Waals surface area contributed by atoms with Gasteiger partial charge in [-0.1, -0.05) is 202 Å². The standard InChI is InChI=1S/C74H88BN3/c1-47-40-49(67(2,3)4)30-34-59(47)76-62-44-52(78-61-29-23-22-28-54(61)72(15,16)73(17)36-24-25-37-74(73,78)18)32-33-57(62)75-58-45-55-56(71(13,14)39-38-70(55,11)12)46-63(58)77(65-43-51(69(8,9)10)42-64(76)66(65)75)60-35-31-50(68(5,6)7)41-53(60)48-26-20-19-21-27-48/h19-23,26-35,40-46H,24-25,36-39H2,1-18H3. The van der Waals surface area contributed by atoms with E-state index in [1.54, 1.807) is 0 Å². The molecule has 12 rings (SSSR count). The minimum absolute atomic E-state index is 0.00722. The molecule has 3 heterocycles. The maximum Gasteiger partial charge on any atom is 0.252 e. The van der Waals surface area contributed by atoms with Crippen molar-refractivity contribution in [3.8, 4) is 11.1 Å². The van der Waals surface area contributed by atoms with Crippen LogP contribution in [0.3, 0.4) is 0 Å². The number of hydrogen-bond donors (Lipinski definition) is 0. The van der Waals surface area contributed by atoms with Crippen LogP contribution in [0.5, 0.6) is 0 Å². The van der Waals surface area contributed by atoms with Crippen molar-refractivity contribution in [1.82, 2.24) is 0 Å². The number of nitrogens with zero attached hydrogens (tertiary/aromatic N) is 3. The SMILES string of the molecule is Cc1cc(C(C)(C)C)ccc1N1c2cc(N3c4ccccc4C(C)(C)C4(C)CCCCC34C)ccc2B2c3cc4c(cc3N(c3ccc(C(C)(C)C)cc3-c3ccccc3)c3cc(C(C)(C)C)cc1c32)C(C)(C)CCC4(C)C. The highest BCUT2D eigenvalue weighted by Gasteiger charge is 2.62. The van der Waals surface area contributed by atoms with Crippen LogP contribution in [-0.2, 0) is 32.5 Å². The topological polar surface area (TPSA) is 9.72 Å². The molecule has 0 amide bonds. The average Bonchev–Trinajstić information content (AvgIpc) is 2.15. The van der Waals surface area contributed by atoms with Gasteiger partial charge in [-0.15, -0.1) is 0 Å². The van der Waals surface area contributed by atoms with Crippen LogP contribution in [0.2, 0.25) is 0 Å². The van der Waals surface area contributed by atoms with E-state index in [0.717, 1.165) is 19.3 Å². The van der Waals surface area contributed by atoms with Gasteiger partial charge in [-0.05, 0) is 188 Å². The van der Waals surface area contributed by atoms with E-state index in [-0.39, 0.29) is 50.2 Å². The highest BCUT2D eigenvalue weighted by Crippen LogP contribution is 2.65. The molecule has 3 aliphatic heterocycles. The molecule has 1 saturated carbocycles. The Balaban J connectivity index is 1.22. The molecular weight excluding hydrogens is 942 g/mol. The number of benzene rings is 7. The molecule has 7 aromatic rings. The Hall–Kier alpha value is -6.00. The van der Waals surface area contributed by atoms with Crippen molar-refractivity contribution >= 4 is 68.6 Å². The monoisotopic (exact) mass is 1030 g/mol. The fourth-order valence-electron chi connectivity index (χ4n) is 15.6. The first-order valence-electron chi connectivity index (χ1n) is 29.8. The van der Waals surface area contributed by atoms with E-state index in [9.17, 15) is 0 Å². The third-order valence-corrected chi connectivity index (χ3v) is 21.1. The lowest BCUT2D eigenvalue weighted by Gasteiger charge is -2.66. The molecule has 0 spiro atoms. The zero-order chi connectivity index (χ0) is 55.7. The molecule has 0 radical (unpaired) electrons. The molecule has 3 nitrogen and oxygen atoms in total. The van der Waals surface area contributed by atoms with Gasteiger partial charge >= 0.3 is 0 Å². The van der Waals surface area contributed by atoms with Gasteiger partial charge in [-0.25, -0.2) is 0 Å². The van der Waals surface area contributed by atoms with Crippen molar-refractivity contribution < 1.29 is 0 Å². The van der Waals surface area contributed by atoms with Crippen LogP contribution in [0.1, 0.15) is 195 Å². The van der Waals surface area contributed by atoms with Crippen LogP contribution in [0.4, 0.5) is 45.5 Å². The molecule has 7 aromatic carbocycles. The predicted octanol–water partition coefficient (Wildman–Crippen LogP) is 18.8. The summed E-state index contributed by atoms with van der Waals surface area (Å²) in [5, 5.41) is 0. The van der Waals surface area contributed by atoms with Crippen LogP contribution in [0.15, 0.2) is 133 Å². The number of hydrogen-bond acceptors (Lipinski definition) is 3. The maximum atomic E-state index is 2.83. The van der Waals surface area contributed by atoms with Crippen LogP contribution in [0.25, 0.3) is 11.1 Å². The van der Waals surface area contributed by atoms with Gasteiger partial charge in [0.25, 0.3) is 6.71 Å². The summed E-state index contributed by atoms with van der Waals surface area (Å²) in [5.74, 6) is 0. The van der Waals surface area contributed by atoms with E-state index in [1.807, 2.05) is 0 Å². The molecule has 1 fully saturated rings. The first-order valence-corrected chi connectivity index (χ1v) is 29.8. The van der Waals surface area contributed by atoms with Gasteiger partial charge in [0.2, 0.25) is 0 Å². The number of fused-ring (bicyclic) bond motifs is 7.